The Morgan fingerprint density at radius 2 is 1.78 bits per heavy atom. The lowest BCUT2D eigenvalue weighted by atomic mass is 9.87. The number of hydrogen-bond acceptors (Lipinski definition) is 3. The average Bonchev–Trinajstić information content (AvgIpc) is 2.76. The van der Waals surface area contributed by atoms with Crippen LogP contribution in [0.2, 0.25) is 0 Å². The van der Waals surface area contributed by atoms with Gasteiger partial charge in [0.25, 0.3) is 5.91 Å². The number of hydrogen-bond donors (Lipinski definition) is 2. The van der Waals surface area contributed by atoms with Gasteiger partial charge in [-0.3, -0.25) is 14.9 Å². The minimum absolute atomic E-state index is 0.0336. The van der Waals surface area contributed by atoms with Gasteiger partial charge in [-0.2, -0.15) is 0 Å². The number of urea groups is 1. The Bertz CT molecular complexity index is 617. The van der Waals surface area contributed by atoms with E-state index in [1.54, 1.807) is 11.9 Å². The van der Waals surface area contributed by atoms with Crippen LogP contribution in [0, 0.1) is 0 Å². The van der Waals surface area contributed by atoms with Crippen molar-refractivity contribution < 1.29 is 14.4 Å². The SMILES string of the molecule is CN(Cc1ccc(C(C)(C)C)cc1)C(=O)CC1NC(=O)NC1=O. The summed E-state index contributed by atoms with van der Waals surface area (Å²) in [6, 6.07) is 6.83. The van der Waals surface area contributed by atoms with Crippen LogP contribution >= 0.6 is 0 Å². The quantitative estimate of drug-likeness (QED) is 0.827. The molecule has 1 unspecified atom stereocenters. The van der Waals surface area contributed by atoms with Gasteiger partial charge in [-0.05, 0) is 16.5 Å². The Balaban J connectivity index is 1.93. The van der Waals surface area contributed by atoms with Crippen LogP contribution in [-0.2, 0) is 21.5 Å². The van der Waals surface area contributed by atoms with Gasteiger partial charge in [-0.1, -0.05) is 45.0 Å². The molecule has 124 valence electrons. The highest BCUT2D eigenvalue weighted by molar-refractivity contribution is 6.05. The molecule has 0 aromatic heterocycles. The third-order valence-electron chi connectivity index (χ3n) is 3.90. The van der Waals surface area contributed by atoms with E-state index in [1.165, 1.54) is 5.56 Å². The molecule has 1 heterocycles. The molecule has 1 atom stereocenters. The van der Waals surface area contributed by atoms with Crippen LogP contribution in [0.3, 0.4) is 0 Å². The Labute approximate surface area is 136 Å². The van der Waals surface area contributed by atoms with Crippen LogP contribution < -0.4 is 10.6 Å². The highest BCUT2D eigenvalue weighted by Crippen LogP contribution is 2.22. The van der Waals surface area contributed by atoms with Crippen molar-refractivity contribution in [1.82, 2.24) is 15.5 Å². The molecule has 2 rings (SSSR count). The molecule has 0 bridgehead atoms. The lowest BCUT2D eigenvalue weighted by molar-refractivity contribution is -0.133. The summed E-state index contributed by atoms with van der Waals surface area (Å²) in [7, 11) is 1.69. The van der Waals surface area contributed by atoms with Crippen LogP contribution in [0.5, 0.6) is 0 Å². The lowest BCUT2D eigenvalue weighted by Crippen LogP contribution is -2.36. The van der Waals surface area contributed by atoms with Crippen molar-refractivity contribution in [3.8, 4) is 0 Å². The summed E-state index contributed by atoms with van der Waals surface area (Å²) >= 11 is 0. The summed E-state index contributed by atoms with van der Waals surface area (Å²) in [4.78, 5) is 36.3. The van der Waals surface area contributed by atoms with Crippen LogP contribution in [0.15, 0.2) is 24.3 Å². The maximum Gasteiger partial charge on any atom is 0.322 e. The van der Waals surface area contributed by atoms with Gasteiger partial charge in [0.15, 0.2) is 0 Å². The van der Waals surface area contributed by atoms with E-state index >= 15 is 0 Å². The van der Waals surface area contributed by atoms with Gasteiger partial charge in [-0.15, -0.1) is 0 Å². The van der Waals surface area contributed by atoms with Gasteiger partial charge in [-0.25, -0.2) is 4.79 Å². The van der Waals surface area contributed by atoms with Crippen molar-refractivity contribution in [2.75, 3.05) is 7.05 Å². The van der Waals surface area contributed by atoms with Gasteiger partial charge in [0.2, 0.25) is 5.91 Å². The highest BCUT2D eigenvalue weighted by atomic mass is 16.2. The number of carbonyl (C=O) groups excluding carboxylic acids is 3. The molecule has 2 N–H and O–H groups in total. The molecule has 0 aliphatic carbocycles. The summed E-state index contributed by atoms with van der Waals surface area (Å²) in [6.45, 7) is 6.92. The summed E-state index contributed by atoms with van der Waals surface area (Å²) in [5, 5.41) is 4.55. The Kier molecular flexibility index (Phi) is 4.73. The number of nitrogens with one attached hydrogen (secondary N) is 2. The molecule has 0 spiro atoms. The minimum atomic E-state index is -0.777. The number of amides is 4. The standard InChI is InChI=1S/C17H23N3O3/c1-17(2,3)12-7-5-11(6-8-12)10-20(4)14(21)9-13-15(22)19-16(23)18-13/h5-8,13H,9-10H2,1-4H3,(H2,18,19,22,23). The van der Waals surface area contributed by atoms with Gasteiger partial charge >= 0.3 is 6.03 Å². The molecule has 1 saturated heterocycles. The molecular weight excluding hydrogens is 294 g/mol. The predicted molar refractivity (Wildman–Crippen MR) is 86.7 cm³/mol. The molecule has 1 aliphatic heterocycles. The molecule has 1 aromatic carbocycles. The van der Waals surface area contributed by atoms with Gasteiger partial charge in [0, 0.05) is 13.6 Å². The van der Waals surface area contributed by atoms with Crippen molar-refractivity contribution in [3.63, 3.8) is 0 Å². The fraction of sp³-hybridized carbons (Fsp3) is 0.471. The van der Waals surface area contributed by atoms with Crippen molar-refractivity contribution >= 4 is 17.8 Å². The smallest absolute Gasteiger partial charge is 0.322 e. The van der Waals surface area contributed by atoms with Gasteiger partial charge in [0.05, 0.1) is 6.42 Å². The molecule has 0 saturated carbocycles. The second-order valence-corrected chi connectivity index (χ2v) is 6.92. The first-order chi connectivity index (χ1) is 10.7. The number of carbonyl (C=O) groups is 3. The zero-order valence-corrected chi connectivity index (χ0v) is 14.0. The van der Waals surface area contributed by atoms with E-state index in [0.29, 0.717) is 6.54 Å². The molecular formula is C17H23N3O3. The first-order valence-electron chi connectivity index (χ1n) is 7.61. The molecule has 1 aliphatic rings. The summed E-state index contributed by atoms with van der Waals surface area (Å²) < 4.78 is 0. The third-order valence-corrected chi connectivity index (χ3v) is 3.90. The molecule has 6 nitrogen and oxygen atoms in total. The number of rotatable bonds is 4. The van der Waals surface area contributed by atoms with Crippen LogP contribution in [0.1, 0.15) is 38.3 Å². The molecule has 4 amide bonds. The van der Waals surface area contributed by atoms with Crippen molar-refractivity contribution in [2.24, 2.45) is 0 Å². The van der Waals surface area contributed by atoms with Crippen LogP contribution in [-0.4, -0.2) is 35.8 Å². The van der Waals surface area contributed by atoms with Crippen molar-refractivity contribution in [2.45, 2.75) is 45.2 Å². The number of benzene rings is 1. The lowest BCUT2D eigenvalue weighted by Gasteiger charge is -2.21. The first kappa shape index (κ1) is 17.0. The van der Waals surface area contributed by atoms with Crippen LogP contribution in [0.4, 0.5) is 4.79 Å². The molecule has 1 fully saturated rings. The van der Waals surface area contributed by atoms with Gasteiger partial charge in [0.1, 0.15) is 6.04 Å². The average molecular weight is 317 g/mol. The summed E-state index contributed by atoms with van der Waals surface area (Å²) in [5.41, 5.74) is 2.35. The molecule has 0 radical (unpaired) electrons. The van der Waals surface area contributed by atoms with E-state index in [9.17, 15) is 14.4 Å². The van der Waals surface area contributed by atoms with E-state index in [4.69, 9.17) is 0 Å². The second-order valence-electron chi connectivity index (χ2n) is 6.92. The minimum Gasteiger partial charge on any atom is -0.341 e. The zero-order chi connectivity index (χ0) is 17.2. The number of nitrogens with zero attached hydrogens (tertiary/aromatic N) is 1. The van der Waals surface area contributed by atoms with Crippen molar-refractivity contribution in [3.05, 3.63) is 35.4 Å². The maximum atomic E-state index is 12.2. The normalized spacial score (nSPS) is 17.7. The molecule has 1 aromatic rings. The molecule has 23 heavy (non-hydrogen) atoms. The highest BCUT2D eigenvalue weighted by Gasteiger charge is 2.32. The zero-order valence-electron chi connectivity index (χ0n) is 14.0. The fourth-order valence-electron chi connectivity index (χ4n) is 2.41. The second kappa shape index (κ2) is 6.40. The predicted octanol–water partition coefficient (Wildman–Crippen LogP) is 1.54. The Hall–Kier alpha value is -2.37. The Morgan fingerprint density at radius 1 is 1.17 bits per heavy atom. The van der Waals surface area contributed by atoms with E-state index in [0.717, 1.165) is 5.56 Å². The summed E-state index contributed by atoms with van der Waals surface area (Å²) in [5.74, 6) is -0.640. The maximum absolute atomic E-state index is 12.2. The van der Waals surface area contributed by atoms with E-state index in [1.807, 2.05) is 12.1 Å². The Morgan fingerprint density at radius 3 is 2.26 bits per heavy atom. The largest absolute Gasteiger partial charge is 0.341 e. The van der Waals surface area contributed by atoms with Gasteiger partial charge < -0.3 is 10.2 Å². The molecule has 6 heteroatoms. The van der Waals surface area contributed by atoms with E-state index in [-0.39, 0.29) is 17.7 Å². The van der Waals surface area contributed by atoms with Crippen molar-refractivity contribution in [1.29, 1.82) is 0 Å². The first-order valence-corrected chi connectivity index (χ1v) is 7.61. The fourth-order valence-corrected chi connectivity index (χ4v) is 2.41. The monoisotopic (exact) mass is 317 g/mol. The van der Waals surface area contributed by atoms with Crippen LogP contribution in [0.25, 0.3) is 0 Å². The van der Waals surface area contributed by atoms with E-state index < -0.39 is 18.0 Å². The third kappa shape index (κ3) is 4.31. The topological polar surface area (TPSA) is 78.5 Å². The summed E-state index contributed by atoms with van der Waals surface area (Å²) in [6.07, 6.45) is -0.0336. The number of imide groups is 1. The van der Waals surface area contributed by atoms with E-state index in [2.05, 4.69) is 43.5 Å².